The summed E-state index contributed by atoms with van der Waals surface area (Å²) < 4.78 is 35.8. The molecule has 0 saturated heterocycles. The summed E-state index contributed by atoms with van der Waals surface area (Å²) in [6.45, 7) is 15.1. The number of aromatic nitrogens is 2. The molecule has 1 aromatic heterocycles. The maximum absolute atomic E-state index is 14.0. The van der Waals surface area contributed by atoms with Gasteiger partial charge in [-0.05, 0) is 99.7 Å². The van der Waals surface area contributed by atoms with Crippen LogP contribution in [-0.4, -0.2) is 65.7 Å². The summed E-state index contributed by atoms with van der Waals surface area (Å²) in [5.41, 5.74) is 2.72. The monoisotopic (exact) mass is 857 g/mol. The maximum atomic E-state index is 14.0. The van der Waals surface area contributed by atoms with Gasteiger partial charge in [0.2, 0.25) is 0 Å². The van der Waals surface area contributed by atoms with Crippen LogP contribution in [0.25, 0.3) is 0 Å². The number of benzene rings is 4. The molecule has 1 fully saturated rings. The van der Waals surface area contributed by atoms with E-state index in [1.54, 1.807) is 56.2 Å². The van der Waals surface area contributed by atoms with E-state index in [9.17, 15) is 14.9 Å². The number of methoxy groups -OCH3 is 2. The average Bonchev–Trinajstić information content (AvgIpc) is 3.59. The summed E-state index contributed by atoms with van der Waals surface area (Å²) in [7, 11) is 1.59. The van der Waals surface area contributed by atoms with Crippen molar-refractivity contribution in [3.8, 4) is 17.6 Å². The molecule has 1 aliphatic carbocycles. The zero-order valence-corrected chi connectivity index (χ0v) is 37.4. The van der Waals surface area contributed by atoms with Crippen molar-refractivity contribution in [3.05, 3.63) is 166 Å². The Kier molecular flexibility index (Phi) is 15.5. The Labute approximate surface area is 366 Å². The van der Waals surface area contributed by atoms with Gasteiger partial charge in [0, 0.05) is 35.3 Å². The fourth-order valence-corrected chi connectivity index (χ4v) is 9.80. The summed E-state index contributed by atoms with van der Waals surface area (Å²) >= 11 is 0. The van der Waals surface area contributed by atoms with E-state index in [1.807, 2.05) is 84.9 Å². The third-order valence-corrected chi connectivity index (χ3v) is 13.2. The number of hydrogen-bond donors (Lipinski definition) is 1. The van der Waals surface area contributed by atoms with Crippen LogP contribution in [0.2, 0.25) is 0 Å². The van der Waals surface area contributed by atoms with E-state index in [-0.39, 0.29) is 43.4 Å². The number of nitriles is 1. The van der Waals surface area contributed by atoms with E-state index < -0.39 is 37.9 Å². The van der Waals surface area contributed by atoms with E-state index >= 15 is 0 Å². The molecule has 4 atom stereocenters. The van der Waals surface area contributed by atoms with Crippen molar-refractivity contribution in [2.45, 2.75) is 77.3 Å². The average molecular weight is 858 g/mol. The minimum absolute atomic E-state index is 0.0577. The lowest BCUT2D eigenvalue weighted by atomic mass is 9.79. The van der Waals surface area contributed by atoms with Crippen LogP contribution in [0.5, 0.6) is 11.5 Å². The number of anilines is 1. The zero-order valence-electron chi connectivity index (χ0n) is 36.5. The first-order valence-corrected chi connectivity index (χ1v) is 21.9. The van der Waals surface area contributed by atoms with Gasteiger partial charge < -0.3 is 28.6 Å². The highest BCUT2D eigenvalue weighted by Gasteiger charge is 2.46. The second-order valence-electron chi connectivity index (χ2n) is 15.7. The van der Waals surface area contributed by atoms with Crippen molar-refractivity contribution in [3.63, 3.8) is 0 Å². The van der Waals surface area contributed by atoms with Gasteiger partial charge in [-0.25, -0.2) is 9.46 Å². The fraction of sp³-hybridized carbons (Fsp3) is 0.347. The first-order chi connectivity index (χ1) is 29.9. The molecule has 1 unspecified atom stereocenters. The molecule has 0 radical (unpaired) electrons. The largest absolute Gasteiger partial charge is 0.497 e. The van der Waals surface area contributed by atoms with E-state index in [2.05, 4.69) is 55.3 Å². The Hall–Kier alpha value is -5.67. The van der Waals surface area contributed by atoms with Crippen molar-refractivity contribution in [1.29, 1.82) is 5.26 Å². The Balaban J connectivity index is 1.44. The van der Waals surface area contributed by atoms with Crippen LogP contribution in [0.1, 0.15) is 79.2 Å². The third-order valence-electron chi connectivity index (χ3n) is 11.1. The molecule has 5 aromatic rings. The van der Waals surface area contributed by atoms with Crippen LogP contribution in [0.4, 0.5) is 5.82 Å². The van der Waals surface area contributed by atoms with Gasteiger partial charge in [0.05, 0.1) is 52.1 Å². The predicted octanol–water partition coefficient (Wildman–Crippen LogP) is 9.61. The second-order valence-corrected chi connectivity index (χ2v) is 17.1. The topological polar surface area (TPSA) is 137 Å². The number of hydrogen-bond acceptors (Lipinski definition) is 10. The summed E-state index contributed by atoms with van der Waals surface area (Å²) in [6, 6.07) is 36.3. The molecule has 0 aliphatic heterocycles. The molecule has 0 spiro atoms. The van der Waals surface area contributed by atoms with Gasteiger partial charge in [-0.15, -0.1) is 0 Å². The first-order valence-electron chi connectivity index (χ1n) is 20.8. The Morgan fingerprint density at radius 3 is 1.98 bits per heavy atom. The standard InChI is InChI=1S/C49H56N5O7P/c1-33(2)54(34(3)4)62(60-29-15-28-50)61-45-30-44(53-31-35(5)46(52-48(53)56)51-47(55)37-16-11-9-12-17-37)36(6)43(45)32-59-49(38-18-13-10-14-19-38,39-20-24-41(57-7)25-21-39)40-22-26-42(58-8)27-23-40/h9-14,16-27,31,33-34,43-45H,6,15,29-30,32H2,1-5,7-8H3,(H,51,52,55,56)/t43-,44-,45-,62?/m0/s1. The van der Waals surface area contributed by atoms with E-state index in [4.69, 9.17) is 23.3 Å². The Morgan fingerprint density at radius 1 is 0.903 bits per heavy atom. The molecule has 1 amide bonds. The van der Waals surface area contributed by atoms with Crippen LogP contribution < -0.4 is 20.5 Å². The van der Waals surface area contributed by atoms with Gasteiger partial charge in [0.15, 0.2) is 0 Å². The molecule has 4 aromatic carbocycles. The highest BCUT2D eigenvalue weighted by molar-refractivity contribution is 7.44. The lowest BCUT2D eigenvalue weighted by molar-refractivity contribution is -0.0205. The molecule has 324 valence electrons. The molecule has 6 rings (SSSR count). The molecular formula is C49H56N5O7P. The number of nitrogens with zero attached hydrogens (tertiary/aromatic N) is 4. The molecule has 1 aliphatic rings. The van der Waals surface area contributed by atoms with Crippen molar-refractivity contribution in [2.24, 2.45) is 5.92 Å². The Morgan fingerprint density at radius 2 is 1.45 bits per heavy atom. The third kappa shape index (κ3) is 10.2. The summed E-state index contributed by atoms with van der Waals surface area (Å²) in [6.07, 6.45) is 1.74. The minimum atomic E-state index is -1.68. The normalized spacial score (nSPS) is 17.0. The van der Waals surface area contributed by atoms with Crippen molar-refractivity contribution in [2.75, 3.05) is 32.8 Å². The van der Waals surface area contributed by atoms with E-state index in [0.717, 1.165) is 22.3 Å². The minimum Gasteiger partial charge on any atom is -0.497 e. The van der Waals surface area contributed by atoms with Crippen LogP contribution in [0, 0.1) is 24.2 Å². The highest BCUT2D eigenvalue weighted by Crippen LogP contribution is 2.53. The fourth-order valence-electron chi connectivity index (χ4n) is 8.03. The van der Waals surface area contributed by atoms with Gasteiger partial charge in [0.1, 0.15) is 22.9 Å². The number of carbonyl (C=O) groups excluding carboxylic acids is 1. The zero-order chi connectivity index (χ0) is 44.4. The lowest BCUT2D eigenvalue weighted by Crippen LogP contribution is -2.37. The highest BCUT2D eigenvalue weighted by atomic mass is 31.2. The second kappa shape index (κ2) is 20.9. The number of ether oxygens (including phenoxy) is 3. The van der Waals surface area contributed by atoms with Crippen LogP contribution in [0.15, 0.2) is 132 Å². The van der Waals surface area contributed by atoms with Crippen molar-refractivity contribution in [1.82, 2.24) is 14.2 Å². The number of amides is 1. The first kappa shape index (κ1) is 45.8. The predicted molar refractivity (Wildman–Crippen MR) is 242 cm³/mol. The smallest absolute Gasteiger partial charge is 0.350 e. The van der Waals surface area contributed by atoms with Crippen LogP contribution in [0.3, 0.4) is 0 Å². The van der Waals surface area contributed by atoms with Gasteiger partial charge in [-0.3, -0.25) is 9.36 Å². The van der Waals surface area contributed by atoms with E-state index in [0.29, 0.717) is 29.0 Å². The number of rotatable bonds is 19. The summed E-state index contributed by atoms with van der Waals surface area (Å²) in [5, 5.41) is 12.2. The van der Waals surface area contributed by atoms with Gasteiger partial charge in [-0.1, -0.05) is 79.4 Å². The summed E-state index contributed by atoms with van der Waals surface area (Å²) in [5.74, 6) is 0.775. The van der Waals surface area contributed by atoms with Crippen LogP contribution >= 0.6 is 8.53 Å². The van der Waals surface area contributed by atoms with Crippen LogP contribution in [-0.2, 0) is 19.4 Å². The SMILES string of the molecule is C=C1[C@H](COC(c2ccccc2)(c2ccc(OC)cc2)c2ccc(OC)cc2)[C@@H](OP(OCCC#N)N(C(C)C)C(C)C)C[C@@H]1n1cc(C)c(NC(=O)c2ccccc2)nc1=O. The number of carbonyl (C=O) groups is 1. The van der Waals surface area contributed by atoms with Gasteiger partial charge >= 0.3 is 5.69 Å². The number of nitrogens with one attached hydrogen (secondary N) is 1. The lowest BCUT2D eigenvalue weighted by Gasteiger charge is -2.39. The molecule has 1 heterocycles. The van der Waals surface area contributed by atoms with Crippen molar-refractivity contribution < 1.29 is 28.1 Å². The molecular weight excluding hydrogens is 802 g/mol. The molecule has 1 N–H and O–H groups in total. The quantitative estimate of drug-likeness (QED) is 0.0370. The molecule has 0 bridgehead atoms. The number of aryl methyl sites for hydroxylation is 1. The Bertz CT molecular complexity index is 2310. The summed E-state index contributed by atoms with van der Waals surface area (Å²) in [4.78, 5) is 31.5. The van der Waals surface area contributed by atoms with Gasteiger partial charge in [-0.2, -0.15) is 10.2 Å². The van der Waals surface area contributed by atoms with E-state index in [1.165, 1.54) is 0 Å². The van der Waals surface area contributed by atoms with Gasteiger partial charge in [0.25, 0.3) is 14.4 Å². The van der Waals surface area contributed by atoms with Crippen molar-refractivity contribution >= 4 is 20.3 Å². The molecule has 12 nitrogen and oxygen atoms in total. The molecule has 13 heteroatoms. The molecule has 62 heavy (non-hydrogen) atoms. The maximum Gasteiger partial charge on any atom is 0.350 e. The molecule has 1 saturated carbocycles.